The Morgan fingerprint density at radius 1 is 1.06 bits per heavy atom. The second kappa shape index (κ2) is 8.76. The number of carbonyl (C=O) groups is 1. The van der Waals surface area contributed by atoms with E-state index < -0.39 is 6.17 Å². The maximum atomic E-state index is 12.8. The van der Waals surface area contributed by atoms with Crippen LogP contribution >= 0.6 is 11.8 Å². The number of amides is 1. The number of anilines is 1. The minimum atomic E-state index is -0.390. The Kier molecular flexibility index (Phi) is 5.51. The Bertz CT molecular complexity index is 1240. The van der Waals surface area contributed by atoms with E-state index in [-0.39, 0.29) is 5.91 Å². The number of fused-ring (bicyclic) bond motifs is 1. The molecule has 4 aromatic rings. The van der Waals surface area contributed by atoms with Crippen molar-refractivity contribution in [1.82, 2.24) is 20.1 Å². The summed E-state index contributed by atoms with van der Waals surface area (Å²) < 4.78 is 7.31. The van der Waals surface area contributed by atoms with Crippen molar-refractivity contribution in [1.29, 1.82) is 0 Å². The lowest BCUT2D eigenvalue weighted by molar-refractivity contribution is 0.0935. The van der Waals surface area contributed by atoms with Crippen molar-refractivity contribution in [3.8, 4) is 11.4 Å². The molecule has 7 nitrogen and oxygen atoms in total. The van der Waals surface area contributed by atoms with E-state index in [1.165, 1.54) is 0 Å². The van der Waals surface area contributed by atoms with Gasteiger partial charge in [0.25, 0.3) is 5.91 Å². The van der Waals surface area contributed by atoms with Gasteiger partial charge < -0.3 is 15.4 Å². The second-order valence-electron chi connectivity index (χ2n) is 7.23. The number of rotatable bonds is 6. The van der Waals surface area contributed by atoms with E-state index in [1.807, 2.05) is 60.7 Å². The highest BCUT2D eigenvalue weighted by Gasteiger charge is 2.29. The molecule has 0 aliphatic carbocycles. The van der Waals surface area contributed by atoms with Crippen LogP contribution in [0.2, 0.25) is 0 Å². The molecular formula is C24H21N5O2S. The van der Waals surface area contributed by atoms with E-state index in [9.17, 15) is 4.79 Å². The van der Waals surface area contributed by atoms with Crippen LogP contribution in [-0.4, -0.2) is 27.8 Å². The number of hydrogen-bond donors (Lipinski definition) is 2. The topological polar surface area (TPSA) is 81.1 Å². The van der Waals surface area contributed by atoms with Crippen LogP contribution < -0.4 is 15.4 Å². The summed E-state index contributed by atoms with van der Waals surface area (Å²) in [6.45, 7) is 0. The van der Waals surface area contributed by atoms with E-state index >= 15 is 0 Å². The lowest BCUT2D eigenvalue weighted by atomic mass is 10.1. The number of methoxy groups -OCH3 is 1. The predicted octanol–water partition coefficient (Wildman–Crippen LogP) is 4.42. The standard InChI is InChI=1S/C24H21N5O2S/c1-31-20-11-10-16(13-17(20)15-32-21-9-5-6-12-25-21)22-27-23-19(24(30)28-22)14-26-29(23)18-7-3-2-4-8-18/h2-14,22,27H,15H2,1H3,(H,28,30)/t22-/m0/s1. The van der Waals surface area contributed by atoms with Gasteiger partial charge in [-0.3, -0.25) is 4.79 Å². The van der Waals surface area contributed by atoms with Crippen molar-refractivity contribution >= 4 is 23.5 Å². The molecule has 32 heavy (non-hydrogen) atoms. The summed E-state index contributed by atoms with van der Waals surface area (Å²) in [4.78, 5) is 17.2. The third kappa shape index (κ3) is 3.92. The number of pyridine rings is 1. The Morgan fingerprint density at radius 3 is 2.69 bits per heavy atom. The maximum absolute atomic E-state index is 12.8. The molecule has 3 heterocycles. The van der Waals surface area contributed by atoms with E-state index in [1.54, 1.807) is 35.9 Å². The van der Waals surface area contributed by atoms with Crippen LogP contribution in [-0.2, 0) is 5.75 Å². The van der Waals surface area contributed by atoms with Crippen molar-refractivity contribution in [2.75, 3.05) is 12.4 Å². The number of thioether (sulfide) groups is 1. The molecule has 1 atom stereocenters. The van der Waals surface area contributed by atoms with Crippen molar-refractivity contribution in [3.05, 3.63) is 95.8 Å². The van der Waals surface area contributed by atoms with Crippen LogP contribution in [0.25, 0.3) is 5.69 Å². The summed E-state index contributed by atoms with van der Waals surface area (Å²) in [6.07, 6.45) is 2.98. The van der Waals surface area contributed by atoms with E-state index in [0.717, 1.165) is 27.6 Å². The van der Waals surface area contributed by atoms with Gasteiger partial charge in [-0.05, 0) is 42.0 Å². The molecule has 0 spiro atoms. The number of nitrogens with one attached hydrogen (secondary N) is 2. The van der Waals surface area contributed by atoms with E-state index in [2.05, 4.69) is 26.8 Å². The molecule has 0 unspecified atom stereocenters. The number of aromatic nitrogens is 3. The molecule has 0 saturated heterocycles. The fraction of sp³-hybridized carbons (Fsp3) is 0.125. The molecule has 0 bridgehead atoms. The molecule has 8 heteroatoms. The minimum absolute atomic E-state index is 0.161. The van der Waals surface area contributed by atoms with Gasteiger partial charge in [0, 0.05) is 17.5 Å². The van der Waals surface area contributed by atoms with E-state index in [0.29, 0.717) is 17.1 Å². The van der Waals surface area contributed by atoms with Crippen LogP contribution in [0.1, 0.15) is 27.7 Å². The number of ether oxygens (including phenoxy) is 1. The molecular weight excluding hydrogens is 422 g/mol. The normalized spacial score (nSPS) is 14.9. The SMILES string of the molecule is COc1ccc([C@@H]2NC(=O)c3cnn(-c4ccccc4)c3N2)cc1CSc1ccccn1. The van der Waals surface area contributed by atoms with Crippen molar-refractivity contribution in [2.24, 2.45) is 0 Å². The molecule has 2 N–H and O–H groups in total. The van der Waals surface area contributed by atoms with Gasteiger partial charge in [0.05, 0.1) is 24.0 Å². The zero-order valence-electron chi connectivity index (χ0n) is 17.4. The van der Waals surface area contributed by atoms with E-state index in [4.69, 9.17) is 4.74 Å². The molecule has 2 aromatic carbocycles. The molecule has 2 aromatic heterocycles. The summed E-state index contributed by atoms with van der Waals surface area (Å²) >= 11 is 1.64. The number of nitrogens with zero attached hydrogens (tertiary/aromatic N) is 3. The summed E-state index contributed by atoms with van der Waals surface area (Å²) in [5, 5.41) is 11.8. The third-order valence-corrected chi connectivity index (χ3v) is 6.21. The van der Waals surface area contributed by atoms with Crippen molar-refractivity contribution < 1.29 is 9.53 Å². The quantitative estimate of drug-likeness (QED) is 0.429. The van der Waals surface area contributed by atoms with Crippen LogP contribution in [0.5, 0.6) is 5.75 Å². The largest absolute Gasteiger partial charge is 0.496 e. The zero-order valence-corrected chi connectivity index (χ0v) is 18.2. The monoisotopic (exact) mass is 443 g/mol. The lowest BCUT2D eigenvalue weighted by Crippen LogP contribution is -2.38. The lowest BCUT2D eigenvalue weighted by Gasteiger charge is -2.27. The van der Waals surface area contributed by atoms with Gasteiger partial charge in [-0.2, -0.15) is 5.10 Å². The number of hydrogen-bond acceptors (Lipinski definition) is 6. The zero-order chi connectivity index (χ0) is 21.9. The molecule has 0 saturated carbocycles. The van der Waals surface area contributed by atoms with Crippen LogP contribution in [0, 0.1) is 0 Å². The Labute approximate surface area is 189 Å². The summed E-state index contributed by atoms with van der Waals surface area (Å²) in [5.74, 6) is 2.01. The third-order valence-electron chi connectivity index (χ3n) is 5.22. The molecule has 1 aliphatic heterocycles. The predicted molar refractivity (Wildman–Crippen MR) is 124 cm³/mol. The highest BCUT2D eigenvalue weighted by molar-refractivity contribution is 7.98. The average Bonchev–Trinajstić information content (AvgIpc) is 3.28. The first-order valence-electron chi connectivity index (χ1n) is 10.1. The van der Waals surface area contributed by atoms with Crippen LogP contribution in [0.15, 0.2) is 84.1 Å². The van der Waals surface area contributed by atoms with Gasteiger partial charge in [-0.1, -0.05) is 30.3 Å². The molecule has 0 fully saturated rings. The van der Waals surface area contributed by atoms with Gasteiger partial charge in [0.1, 0.15) is 23.3 Å². The molecule has 0 radical (unpaired) electrons. The fourth-order valence-corrected chi connectivity index (χ4v) is 4.48. The summed E-state index contributed by atoms with van der Waals surface area (Å²) in [7, 11) is 1.66. The molecule has 1 amide bonds. The summed E-state index contributed by atoms with van der Waals surface area (Å²) in [5.41, 5.74) is 3.36. The molecule has 5 rings (SSSR count). The minimum Gasteiger partial charge on any atom is -0.496 e. The first-order chi connectivity index (χ1) is 15.7. The molecule has 160 valence electrons. The maximum Gasteiger partial charge on any atom is 0.258 e. The summed E-state index contributed by atoms with van der Waals surface area (Å²) in [6, 6.07) is 21.5. The van der Waals surface area contributed by atoms with Gasteiger partial charge in [-0.15, -0.1) is 11.8 Å². The van der Waals surface area contributed by atoms with Crippen molar-refractivity contribution in [2.45, 2.75) is 16.9 Å². The Morgan fingerprint density at radius 2 is 1.91 bits per heavy atom. The highest BCUT2D eigenvalue weighted by Crippen LogP contribution is 2.32. The van der Waals surface area contributed by atoms with Crippen LogP contribution in [0.3, 0.4) is 0 Å². The highest BCUT2D eigenvalue weighted by atomic mass is 32.2. The first-order valence-corrected chi connectivity index (χ1v) is 11.1. The van der Waals surface area contributed by atoms with Gasteiger partial charge in [-0.25, -0.2) is 9.67 Å². The molecule has 1 aliphatic rings. The van der Waals surface area contributed by atoms with Crippen LogP contribution in [0.4, 0.5) is 5.82 Å². The second-order valence-corrected chi connectivity index (χ2v) is 8.23. The smallest absolute Gasteiger partial charge is 0.258 e. The Hall–Kier alpha value is -3.78. The average molecular weight is 444 g/mol. The Balaban J connectivity index is 1.43. The first kappa shape index (κ1) is 20.1. The van der Waals surface area contributed by atoms with Gasteiger partial charge in [0.15, 0.2) is 0 Å². The van der Waals surface area contributed by atoms with Gasteiger partial charge >= 0.3 is 0 Å². The number of benzene rings is 2. The fourth-order valence-electron chi connectivity index (χ4n) is 3.64. The number of para-hydroxylation sites is 1. The van der Waals surface area contributed by atoms with Gasteiger partial charge in [0.2, 0.25) is 0 Å². The number of carbonyl (C=O) groups excluding carboxylic acids is 1. The van der Waals surface area contributed by atoms with Crippen molar-refractivity contribution in [3.63, 3.8) is 0 Å².